The molecule has 3 heterocycles. The normalized spacial score (nSPS) is 17.5. The number of thioether (sulfide) groups is 1. The minimum Gasteiger partial charge on any atom is -0.378 e. The second-order valence-electron chi connectivity index (χ2n) is 8.30. The Kier molecular flexibility index (Phi) is 7.43. The van der Waals surface area contributed by atoms with E-state index in [4.69, 9.17) is 9.47 Å². The molecule has 0 spiro atoms. The molecule has 2 fully saturated rings. The summed E-state index contributed by atoms with van der Waals surface area (Å²) in [5, 5.41) is 9.48. The van der Waals surface area contributed by atoms with E-state index in [0.29, 0.717) is 46.1 Å². The van der Waals surface area contributed by atoms with Gasteiger partial charge in [0, 0.05) is 26.2 Å². The van der Waals surface area contributed by atoms with Gasteiger partial charge in [0.15, 0.2) is 5.16 Å². The Morgan fingerprint density at radius 1 is 0.853 bits per heavy atom. The van der Waals surface area contributed by atoms with Crippen molar-refractivity contribution in [1.29, 1.82) is 0 Å². The highest BCUT2D eigenvalue weighted by atomic mass is 32.2. The van der Waals surface area contributed by atoms with Crippen LogP contribution in [0.2, 0.25) is 0 Å². The van der Waals surface area contributed by atoms with Gasteiger partial charge in [0.2, 0.25) is 11.9 Å². The SMILES string of the molecule is O=C(C(Sc1nnc(N2CCOCC2)n1Cc1ccccc1)c1ccccc1)N1CCOCC1. The third-order valence-corrected chi connectivity index (χ3v) is 7.27. The third-order valence-electron chi connectivity index (χ3n) is 6.05. The van der Waals surface area contributed by atoms with E-state index in [0.717, 1.165) is 35.3 Å². The standard InChI is InChI=1S/C25H29N5O3S/c31-23(28-11-15-32-16-12-28)22(21-9-5-2-6-10-21)34-25-27-26-24(29-13-17-33-18-14-29)30(25)19-20-7-3-1-4-8-20/h1-10,22H,11-19H2. The summed E-state index contributed by atoms with van der Waals surface area (Å²) in [7, 11) is 0. The Balaban J connectivity index is 1.48. The molecule has 1 unspecified atom stereocenters. The van der Waals surface area contributed by atoms with Gasteiger partial charge >= 0.3 is 0 Å². The van der Waals surface area contributed by atoms with E-state index in [1.165, 1.54) is 11.8 Å². The van der Waals surface area contributed by atoms with Gasteiger partial charge in [-0.2, -0.15) is 0 Å². The Labute approximate surface area is 203 Å². The summed E-state index contributed by atoms with van der Waals surface area (Å²) in [6, 6.07) is 20.2. The summed E-state index contributed by atoms with van der Waals surface area (Å²) in [6.45, 7) is 5.88. The summed E-state index contributed by atoms with van der Waals surface area (Å²) >= 11 is 1.47. The highest BCUT2D eigenvalue weighted by molar-refractivity contribution is 8.00. The van der Waals surface area contributed by atoms with Crippen molar-refractivity contribution in [2.75, 3.05) is 57.5 Å². The van der Waals surface area contributed by atoms with Gasteiger partial charge in [0.05, 0.1) is 33.0 Å². The number of rotatable bonds is 7. The molecule has 0 aliphatic carbocycles. The van der Waals surface area contributed by atoms with E-state index in [9.17, 15) is 4.79 Å². The van der Waals surface area contributed by atoms with Crippen molar-refractivity contribution in [1.82, 2.24) is 19.7 Å². The number of hydrogen-bond donors (Lipinski definition) is 0. The largest absolute Gasteiger partial charge is 0.378 e. The molecule has 2 aromatic carbocycles. The summed E-state index contributed by atoms with van der Waals surface area (Å²) in [4.78, 5) is 17.8. The number of benzene rings is 2. The van der Waals surface area contributed by atoms with E-state index >= 15 is 0 Å². The average Bonchev–Trinajstić information content (AvgIpc) is 3.31. The number of hydrogen-bond acceptors (Lipinski definition) is 7. The van der Waals surface area contributed by atoms with Crippen LogP contribution < -0.4 is 4.90 Å². The molecule has 1 atom stereocenters. The zero-order valence-corrected chi connectivity index (χ0v) is 19.9. The lowest BCUT2D eigenvalue weighted by molar-refractivity contribution is -0.134. The van der Waals surface area contributed by atoms with Crippen molar-refractivity contribution in [3.05, 3.63) is 71.8 Å². The molecule has 2 aliphatic rings. The Morgan fingerprint density at radius 3 is 2.15 bits per heavy atom. The highest BCUT2D eigenvalue weighted by Crippen LogP contribution is 2.37. The minimum absolute atomic E-state index is 0.0849. The van der Waals surface area contributed by atoms with Crippen LogP contribution in [0.1, 0.15) is 16.4 Å². The van der Waals surface area contributed by atoms with Crippen LogP contribution in [0, 0.1) is 0 Å². The van der Waals surface area contributed by atoms with E-state index in [1.807, 2.05) is 53.4 Å². The predicted molar refractivity (Wildman–Crippen MR) is 131 cm³/mol. The molecule has 8 nitrogen and oxygen atoms in total. The number of anilines is 1. The van der Waals surface area contributed by atoms with E-state index < -0.39 is 5.25 Å². The number of nitrogens with zero attached hydrogens (tertiary/aromatic N) is 5. The zero-order valence-electron chi connectivity index (χ0n) is 19.1. The van der Waals surface area contributed by atoms with Crippen LogP contribution in [0.25, 0.3) is 0 Å². The molecule has 34 heavy (non-hydrogen) atoms. The average molecular weight is 480 g/mol. The van der Waals surface area contributed by atoms with Crippen molar-refractivity contribution in [2.24, 2.45) is 0 Å². The van der Waals surface area contributed by atoms with Gasteiger partial charge < -0.3 is 19.3 Å². The molecule has 5 rings (SSSR count). The molecule has 3 aromatic rings. The van der Waals surface area contributed by atoms with Crippen molar-refractivity contribution in [2.45, 2.75) is 17.0 Å². The first kappa shape index (κ1) is 22.9. The fourth-order valence-corrected chi connectivity index (χ4v) is 5.33. The van der Waals surface area contributed by atoms with Gasteiger partial charge in [-0.25, -0.2) is 0 Å². The van der Waals surface area contributed by atoms with Gasteiger partial charge in [-0.1, -0.05) is 72.4 Å². The zero-order chi connectivity index (χ0) is 23.2. The topological polar surface area (TPSA) is 72.7 Å². The van der Waals surface area contributed by atoms with Crippen molar-refractivity contribution >= 4 is 23.6 Å². The number of morpholine rings is 2. The molecule has 178 valence electrons. The Hall–Kier alpha value is -2.88. The molecule has 0 radical (unpaired) electrons. The number of carbonyl (C=O) groups is 1. The molecule has 0 bridgehead atoms. The van der Waals surface area contributed by atoms with Crippen LogP contribution in [0.5, 0.6) is 0 Å². The van der Waals surface area contributed by atoms with Crippen LogP contribution in [-0.4, -0.2) is 78.2 Å². The molecule has 0 N–H and O–H groups in total. The first-order valence-corrected chi connectivity index (χ1v) is 12.6. The van der Waals surface area contributed by atoms with Gasteiger partial charge in [-0.3, -0.25) is 9.36 Å². The molecular formula is C25H29N5O3S. The maximum absolute atomic E-state index is 13.6. The molecule has 1 aromatic heterocycles. The van der Waals surface area contributed by atoms with Crippen LogP contribution >= 0.6 is 11.8 Å². The van der Waals surface area contributed by atoms with Gasteiger partial charge in [-0.05, 0) is 11.1 Å². The molecule has 0 saturated carbocycles. The molecule has 2 saturated heterocycles. The lowest BCUT2D eigenvalue weighted by Gasteiger charge is -2.30. The predicted octanol–water partition coefficient (Wildman–Crippen LogP) is 2.86. The number of amides is 1. The molecule has 9 heteroatoms. The quantitative estimate of drug-likeness (QED) is 0.483. The minimum atomic E-state index is -0.407. The molecule has 1 amide bonds. The van der Waals surface area contributed by atoms with Crippen LogP contribution in [0.15, 0.2) is 65.8 Å². The number of carbonyl (C=O) groups excluding carboxylic acids is 1. The Bertz CT molecular complexity index is 1070. The fourth-order valence-electron chi connectivity index (χ4n) is 4.21. The fraction of sp³-hybridized carbons (Fsp3) is 0.400. The first-order valence-electron chi connectivity index (χ1n) is 11.7. The van der Waals surface area contributed by atoms with E-state index in [2.05, 4.69) is 31.8 Å². The summed E-state index contributed by atoms with van der Waals surface area (Å²) in [5.74, 6) is 0.905. The second kappa shape index (κ2) is 11.0. The lowest BCUT2D eigenvalue weighted by Crippen LogP contribution is -2.42. The van der Waals surface area contributed by atoms with Crippen molar-refractivity contribution in [3.8, 4) is 0 Å². The molecule has 2 aliphatic heterocycles. The summed E-state index contributed by atoms with van der Waals surface area (Å²) < 4.78 is 13.1. The van der Waals surface area contributed by atoms with Crippen LogP contribution in [-0.2, 0) is 20.8 Å². The maximum atomic E-state index is 13.6. The monoisotopic (exact) mass is 479 g/mol. The third kappa shape index (κ3) is 5.27. The van der Waals surface area contributed by atoms with Gasteiger partial charge in [0.1, 0.15) is 5.25 Å². The smallest absolute Gasteiger partial charge is 0.240 e. The number of aromatic nitrogens is 3. The number of ether oxygens (including phenoxy) is 2. The highest BCUT2D eigenvalue weighted by Gasteiger charge is 2.31. The Morgan fingerprint density at radius 2 is 1.47 bits per heavy atom. The van der Waals surface area contributed by atoms with E-state index in [-0.39, 0.29) is 5.91 Å². The summed E-state index contributed by atoms with van der Waals surface area (Å²) in [5.41, 5.74) is 2.13. The maximum Gasteiger partial charge on any atom is 0.240 e. The van der Waals surface area contributed by atoms with E-state index in [1.54, 1.807) is 0 Å². The van der Waals surface area contributed by atoms with Gasteiger partial charge in [-0.15, -0.1) is 10.2 Å². The first-order chi connectivity index (χ1) is 16.8. The van der Waals surface area contributed by atoms with Crippen LogP contribution in [0.4, 0.5) is 5.95 Å². The van der Waals surface area contributed by atoms with Gasteiger partial charge in [0.25, 0.3) is 0 Å². The van der Waals surface area contributed by atoms with Crippen molar-refractivity contribution in [3.63, 3.8) is 0 Å². The van der Waals surface area contributed by atoms with Crippen LogP contribution in [0.3, 0.4) is 0 Å². The van der Waals surface area contributed by atoms with Crippen molar-refractivity contribution < 1.29 is 14.3 Å². The second-order valence-corrected chi connectivity index (χ2v) is 9.37. The summed E-state index contributed by atoms with van der Waals surface area (Å²) in [6.07, 6.45) is 0. The lowest BCUT2D eigenvalue weighted by atomic mass is 10.1. The molecular weight excluding hydrogens is 450 g/mol.